The average Bonchev–Trinajstić information content (AvgIpc) is 3.19. The molecule has 142 valence electrons. The number of rotatable bonds is 6. The number of aryl methyl sites for hydroxylation is 1. The second kappa shape index (κ2) is 8.64. The van der Waals surface area contributed by atoms with Gasteiger partial charge in [0.15, 0.2) is 0 Å². The van der Waals surface area contributed by atoms with Crippen molar-refractivity contribution in [3.8, 4) is 11.8 Å². The molecule has 0 bridgehead atoms. The van der Waals surface area contributed by atoms with Gasteiger partial charge in [0.05, 0.1) is 11.8 Å². The van der Waals surface area contributed by atoms with E-state index in [1.807, 2.05) is 13.8 Å². The molecule has 1 aliphatic rings. The summed E-state index contributed by atoms with van der Waals surface area (Å²) in [6.07, 6.45) is 3.89. The Kier molecular flexibility index (Phi) is 6.04. The second-order valence-corrected chi connectivity index (χ2v) is 6.95. The Bertz CT molecular complexity index is 830. The Labute approximate surface area is 159 Å². The minimum Gasteiger partial charge on any atom is -0.489 e. The Balaban J connectivity index is 1.91. The van der Waals surface area contributed by atoms with Gasteiger partial charge in [-0.05, 0) is 81.1 Å². The van der Waals surface area contributed by atoms with Crippen molar-refractivity contribution in [3.63, 3.8) is 0 Å². The molecule has 1 aliphatic heterocycles. The number of H-pyrrole nitrogens is 1. The molecule has 1 aromatic carbocycles. The highest BCUT2D eigenvalue weighted by Gasteiger charge is 2.20. The summed E-state index contributed by atoms with van der Waals surface area (Å²) in [7, 11) is 0. The fraction of sp³-hybridized carbons (Fsp3) is 0.474. The molecular weight excluding hydrogens is 342 g/mol. The number of nitriles is 1. The number of aromatic nitrogens is 4. The quantitative estimate of drug-likeness (QED) is 0.673. The van der Waals surface area contributed by atoms with Crippen LogP contribution >= 0.6 is 0 Å². The van der Waals surface area contributed by atoms with E-state index in [1.54, 1.807) is 6.20 Å². The van der Waals surface area contributed by atoms with E-state index in [0.29, 0.717) is 11.5 Å². The normalized spacial score (nSPS) is 15.6. The van der Waals surface area contributed by atoms with E-state index >= 15 is 0 Å². The lowest BCUT2D eigenvalue weighted by Gasteiger charge is -2.26. The van der Waals surface area contributed by atoms with Crippen LogP contribution in [0.5, 0.6) is 5.75 Å². The van der Waals surface area contributed by atoms with Gasteiger partial charge in [-0.1, -0.05) is 0 Å². The van der Waals surface area contributed by atoms with Crippen LogP contribution in [0.2, 0.25) is 0 Å². The number of nitrogens with zero attached hydrogens (tertiary/aromatic N) is 4. The molecular formula is C19H25N7O. The molecule has 0 unspecified atom stereocenters. The number of benzene rings is 1. The molecule has 8 heteroatoms. The van der Waals surface area contributed by atoms with Crippen LogP contribution in [0.25, 0.3) is 5.57 Å². The molecule has 27 heavy (non-hydrogen) atoms. The van der Waals surface area contributed by atoms with Gasteiger partial charge in [0, 0.05) is 6.20 Å². The van der Waals surface area contributed by atoms with Crippen molar-refractivity contribution in [2.75, 3.05) is 18.4 Å². The summed E-state index contributed by atoms with van der Waals surface area (Å²) in [5, 5.41) is 29.5. The van der Waals surface area contributed by atoms with Gasteiger partial charge >= 0.3 is 0 Å². The minimum atomic E-state index is 0.0470. The fourth-order valence-electron chi connectivity index (χ4n) is 3.31. The lowest BCUT2D eigenvalue weighted by atomic mass is 9.87. The maximum absolute atomic E-state index is 9.34. The Morgan fingerprint density at radius 2 is 2.15 bits per heavy atom. The SMILES string of the molecule is Cc1cc(NC=C(C#N)c2nn[nH]n2)c(OC(C)C)cc1C1CCNCC1. The van der Waals surface area contributed by atoms with E-state index in [4.69, 9.17) is 4.74 Å². The van der Waals surface area contributed by atoms with Crippen LogP contribution in [0.4, 0.5) is 5.69 Å². The number of aromatic amines is 1. The summed E-state index contributed by atoms with van der Waals surface area (Å²) in [4.78, 5) is 0. The minimum absolute atomic E-state index is 0.0470. The number of hydrogen-bond donors (Lipinski definition) is 3. The van der Waals surface area contributed by atoms with Crippen LogP contribution in [0.15, 0.2) is 18.3 Å². The van der Waals surface area contributed by atoms with Gasteiger partial charge in [-0.2, -0.15) is 10.5 Å². The Morgan fingerprint density at radius 3 is 2.78 bits per heavy atom. The molecule has 0 radical (unpaired) electrons. The van der Waals surface area contributed by atoms with Gasteiger partial charge in [0.2, 0.25) is 5.82 Å². The first-order valence-electron chi connectivity index (χ1n) is 9.21. The van der Waals surface area contributed by atoms with Crippen LogP contribution < -0.4 is 15.4 Å². The number of nitrogens with one attached hydrogen (secondary N) is 3. The molecule has 0 amide bonds. The second-order valence-electron chi connectivity index (χ2n) is 6.95. The number of anilines is 1. The average molecular weight is 367 g/mol. The third kappa shape index (κ3) is 4.63. The van der Waals surface area contributed by atoms with Crippen molar-refractivity contribution in [3.05, 3.63) is 35.3 Å². The highest BCUT2D eigenvalue weighted by molar-refractivity contribution is 5.75. The number of allylic oxidation sites excluding steroid dienone is 1. The van der Waals surface area contributed by atoms with Gasteiger partial charge in [-0.3, -0.25) is 0 Å². The van der Waals surface area contributed by atoms with Crippen molar-refractivity contribution in [2.24, 2.45) is 0 Å². The largest absolute Gasteiger partial charge is 0.489 e. The predicted molar refractivity (Wildman–Crippen MR) is 103 cm³/mol. The molecule has 8 nitrogen and oxygen atoms in total. The van der Waals surface area contributed by atoms with Gasteiger partial charge in [-0.15, -0.1) is 10.2 Å². The van der Waals surface area contributed by atoms with Crippen LogP contribution in [0.3, 0.4) is 0 Å². The van der Waals surface area contributed by atoms with Crippen LogP contribution in [0.1, 0.15) is 49.6 Å². The molecule has 0 atom stereocenters. The first kappa shape index (κ1) is 18.9. The number of hydrogen-bond acceptors (Lipinski definition) is 7. The Morgan fingerprint density at radius 1 is 1.37 bits per heavy atom. The zero-order valence-electron chi connectivity index (χ0n) is 15.9. The topological polar surface area (TPSA) is 112 Å². The maximum Gasteiger partial charge on any atom is 0.216 e. The maximum atomic E-state index is 9.34. The smallest absolute Gasteiger partial charge is 0.216 e. The standard InChI is InChI=1S/C19H25N7O/c1-12(2)27-18-9-16(14-4-6-21-7-5-14)13(3)8-17(18)22-11-15(10-20)19-23-25-26-24-19/h8-9,11-12,14,21-22H,4-7H2,1-3H3,(H,23,24,25,26). The monoisotopic (exact) mass is 367 g/mol. The third-order valence-electron chi connectivity index (χ3n) is 4.59. The molecule has 3 N–H and O–H groups in total. The lowest BCUT2D eigenvalue weighted by molar-refractivity contribution is 0.243. The van der Waals surface area contributed by atoms with Crippen LogP contribution in [0, 0.1) is 18.3 Å². The van der Waals surface area contributed by atoms with E-state index in [1.165, 1.54) is 11.1 Å². The summed E-state index contributed by atoms with van der Waals surface area (Å²) in [5.74, 6) is 1.57. The summed E-state index contributed by atoms with van der Waals surface area (Å²) < 4.78 is 6.05. The summed E-state index contributed by atoms with van der Waals surface area (Å²) in [6, 6.07) is 6.30. The molecule has 2 aromatic rings. The molecule has 2 heterocycles. The molecule has 1 aromatic heterocycles. The molecule has 0 saturated carbocycles. The lowest BCUT2D eigenvalue weighted by Crippen LogP contribution is -2.27. The summed E-state index contributed by atoms with van der Waals surface area (Å²) >= 11 is 0. The predicted octanol–water partition coefficient (Wildman–Crippen LogP) is 2.74. The Hall–Kier alpha value is -2.92. The van der Waals surface area contributed by atoms with E-state index < -0.39 is 0 Å². The fourth-order valence-corrected chi connectivity index (χ4v) is 3.31. The molecule has 1 fully saturated rings. The van der Waals surface area contributed by atoms with E-state index in [0.717, 1.165) is 37.4 Å². The van der Waals surface area contributed by atoms with E-state index in [9.17, 15) is 5.26 Å². The van der Waals surface area contributed by atoms with Crippen molar-refractivity contribution in [1.29, 1.82) is 5.26 Å². The molecule has 3 rings (SSSR count). The van der Waals surface area contributed by atoms with Crippen molar-refractivity contribution >= 4 is 11.3 Å². The van der Waals surface area contributed by atoms with Crippen molar-refractivity contribution in [1.82, 2.24) is 25.9 Å². The first-order chi connectivity index (χ1) is 13.1. The highest BCUT2D eigenvalue weighted by Crippen LogP contribution is 2.36. The van der Waals surface area contributed by atoms with Crippen molar-refractivity contribution in [2.45, 2.75) is 45.6 Å². The van der Waals surface area contributed by atoms with Crippen LogP contribution in [-0.2, 0) is 0 Å². The van der Waals surface area contributed by atoms with E-state index in [-0.39, 0.29) is 11.9 Å². The summed E-state index contributed by atoms with van der Waals surface area (Å²) in [5.41, 5.74) is 3.65. The van der Waals surface area contributed by atoms with E-state index in [2.05, 4.69) is 56.4 Å². The number of piperidine rings is 1. The zero-order chi connectivity index (χ0) is 19.2. The third-order valence-corrected chi connectivity index (χ3v) is 4.59. The molecule has 0 spiro atoms. The number of ether oxygens (including phenoxy) is 1. The molecule has 0 aliphatic carbocycles. The highest BCUT2D eigenvalue weighted by atomic mass is 16.5. The zero-order valence-corrected chi connectivity index (χ0v) is 15.9. The number of tetrazole rings is 1. The summed E-state index contributed by atoms with van der Waals surface area (Å²) in [6.45, 7) is 8.22. The van der Waals surface area contributed by atoms with Gasteiger partial charge in [0.25, 0.3) is 0 Å². The van der Waals surface area contributed by atoms with Crippen LogP contribution in [-0.4, -0.2) is 39.8 Å². The van der Waals surface area contributed by atoms with Gasteiger partial charge in [-0.25, -0.2) is 0 Å². The molecule has 1 saturated heterocycles. The first-order valence-corrected chi connectivity index (χ1v) is 9.21. The van der Waals surface area contributed by atoms with Gasteiger partial charge in [0.1, 0.15) is 17.4 Å². The van der Waals surface area contributed by atoms with Crippen molar-refractivity contribution < 1.29 is 4.74 Å². The van der Waals surface area contributed by atoms with Gasteiger partial charge < -0.3 is 15.4 Å².